The van der Waals surface area contributed by atoms with E-state index in [-0.39, 0.29) is 17.6 Å². The Morgan fingerprint density at radius 1 is 1.00 bits per heavy atom. The molecule has 2 aromatic carbocycles. The van der Waals surface area contributed by atoms with Crippen molar-refractivity contribution in [3.63, 3.8) is 0 Å². The van der Waals surface area contributed by atoms with Crippen LogP contribution in [0.1, 0.15) is 42.6 Å². The van der Waals surface area contributed by atoms with Gasteiger partial charge in [0.2, 0.25) is 0 Å². The second-order valence-corrected chi connectivity index (χ2v) is 5.83. The Kier molecular flexibility index (Phi) is 6.13. The zero-order chi connectivity index (χ0) is 17.5. The normalized spacial score (nSPS) is 11.8. The molecule has 0 fully saturated rings. The van der Waals surface area contributed by atoms with Gasteiger partial charge in [-0.15, -0.1) is 0 Å². The topological polar surface area (TPSA) is 63.6 Å². The van der Waals surface area contributed by atoms with E-state index in [0.29, 0.717) is 12.8 Å². The van der Waals surface area contributed by atoms with Gasteiger partial charge in [-0.2, -0.15) is 0 Å². The maximum absolute atomic E-state index is 11.5. The molecule has 0 saturated heterocycles. The predicted molar refractivity (Wildman–Crippen MR) is 93.0 cm³/mol. The van der Waals surface area contributed by atoms with E-state index in [1.807, 2.05) is 38.1 Å². The fourth-order valence-corrected chi connectivity index (χ4v) is 2.50. The summed E-state index contributed by atoms with van der Waals surface area (Å²) in [6.07, 6.45) is 1.77. The summed E-state index contributed by atoms with van der Waals surface area (Å²) < 4.78 is 5.35. The highest BCUT2D eigenvalue weighted by atomic mass is 16.5. The molecule has 0 bridgehead atoms. The zero-order valence-electron chi connectivity index (χ0n) is 14.0. The van der Waals surface area contributed by atoms with Crippen molar-refractivity contribution in [3.05, 3.63) is 59.7 Å². The Morgan fingerprint density at radius 3 is 2.04 bits per heavy atom. The third-order valence-electron chi connectivity index (χ3n) is 3.73. The van der Waals surface area contributed by atoms with Crippen LogP contribution in [-0.2, 0) is 16.0 Å². The lowest BCUT2D eigenvalue weighted by molar-refractivity contribution is -0.148. The number of carboxylic acids is 1. The standard InChI is InChI=1S/C20H22O4/c1-3-4-19(21)24-14(2)13-15-5-7-16(8-6-15)17-9-11-18(12-10-17)20(22)23/h5-12,14H,3-4,13H2,1-2H3,(H,22,23). The number of esters is 1. The van der Waals surface area contributed by atoms with Crippen molar-refractivity contribution in [1.82, 2.24) is 0 Å². The van der Waals surface area contributed by atoms with E-state index in [9.17, 15) is 9.59 Å². The van der Waals surface area contributed by atoms with Gasteiger partial charge in [-0.1, -0.05) is 43.3 Å². The van der Waals surface area contributed by atoms with Crippen LogP contribution in [0.2, 0.25) is 0 Å². The number of hydrogen-bond acceptors (Lipinski definition) is 3. The molecule has 4 heteroatoms. The van der Waals surface area contributed by atoms with Crippen molar-refractivity contribution in [3.8, 4) is 11.1 Å². The highest BCUT2D eigenvalue weighted by Gasteiger charge is 2.10. The number of rotatable bonds is 7. The first-order valence-corrected chi connectivity index (χ1v) is 8.11. The van der Waals surface area contributed by atoms with Crippen molar-refractivity contribution in [2.75, 3.05) is 0 Å². The van der Waals surface area contributed by atoms with E-state index in [4.69, 9.17) is 9.84 Å². The number of ether oxygens (including phenoxy) is 1. The van der Waals surface area contributed by atoms with Gasteiger partial charge in [-0.05, 0) is 42.2 Å². The largest absolute Gasteiger partial charge is 0.478 e. The molecular weight excluding hydrogens is 304 g/mol. The van der Waals surface area contributed by atoms with Crippen LogP contribution in [0.5, 0.6) is 0 Å². The minimum Gasteiger partial charge on any atom is -0.478 e. The van der Waals surface area contributed by atoms with Crippen molar-refractivity contribution in [2.24, 2.45) is 0 Å². The van der Waals surface area contributed by atoms with Crippen LogP contribution in [0.3, 0.4) is 0 Å². The molecule has 1 atom stereocenters. The molecular formula is C20H22O4. The van der Waals surface area contributed by atoms with E-state index < -0.39 is 5.97 Å². The molecule has 0 amide bonds. The van der Waals surface area contributed by atoms with Crippen molar-refractivity contribution in [2.45, 2.75) is 39.2 Å². The summed E-state index contributed by atoms with van der Waals surface area (Å²) >= 11 is 0. The van der Waals surface area contributed by atoms with Crippen molar-refractivity contribution in [1.29, 1.82) is 0 Å². The van der Waals surface area contributed by atoms with E-state index >= 15 is 0 Å². The number of aromatic carboxylic acids is 1. The molecule has 2 aromatic rings. The SMILES string of the molecule is CCCC(=O)OC(C)Cc1ccc(-c2ccc(C(=O)O)cc2)cc1. The van der Waals surface area contributed by atoms with Gasteiger partial charge in [0.05, 0.1) is 5.56 Å². The molecule has 0 aliphatic carbocycles. The van der Waals surface area contributed by atoms with Crippen molar-refractivity contribution >= 4 is 11.9 Å². The first-order valence-electron chi connectivity index (χ1n) is 8.11. The zero-order valence-corrected chi connectivity index (χ0v) is 14.0. The van der Waals surface area contributed by atoms with Gasteiger partial charge in [-0.25, -0.2) is 4.79 Å². The molecule has 1 N–H and O–H groups in total. The van der Waals surface area contributed by atoms with Crippen LogP contribution in [0, 0.1) is 0 Å². The number of carbonyl (C=O) groups excluding carboxylic acids is 1. The molecule has 0 radical (unpaired) electrons. The Bertz CT molecular complexity index is 687. The first-order chi connectivity index (χ1) is 11.5. The predicted octanol–water partition coefficient (Wildman–Crippen LogP) is 4.33. The first kappa shape index (κ1) is 17.7. The lowest BCUT2D eigenvalue weighted by Crippen LogP contribution is -2.16. The van der Waals surface area contributed by atoms with Gasteiger partial charge in [0.15, 0.2) is 0 Å². The number of carboxylic acid groups (broad SMARTS) is 1. The van der Waals surface area contributed by atoms with Crippen LogP contribution in [0.15, 0.2) is 48.5 Å². The van der Waals surface area contributed by atoms with Gasteiger partial charge < -0.3 is 9.84 Å². The summed E-state index contributed by atoms with van der Waals surface area (Å²) in [5.41, 5.74) is 3.36. The van der Waals surface area contributed by atoms with Crippen LogP contribution in [0.4, 0.5) is 0 Å². The van der Waals surface area contributed by atoms with Gasteiger partial charge in [-0.3, -0.25) is 4.79 Å². The van der Waals surface area contributed by atoms with E-state index in [0.717, 1.165) is 23.1 Å². The van der Waals surface area contributed by atoms with Gasteiger partial charge >= 0.3 is 11.9 Å². The minimum atomic E-state index is -0.927. The fourth-order valence-electron chi connectivity index (χ4n) is 2.50. The Morgan fingerprint density at radius 2 is 1.54 bits per heavy atom. The summed E-state index contributed by atoms with van der Waals surface area (Å²) in [4.78, 5) is 22.4. The van der Waals surface area contributed by atoms with E-state index in [2.05, 4.69) is 0 Å². The van der Waals surface area contributed by atoms with Crippen LogP contribution < -0.4 is 0 Å². The number of carbonyl (C=O) groups is 2. The van der Waals surface area contributed by atoms with Crippen LogP contribution in [0.25, 0.3) is 11.1 Å². The lowest BCUT2D eigenvalue weighted by Gasteiger charge is -2.13. The van der Waals surface area contributed by atoms with Gasteiger partial charge in [0.25, 0.3) is 0 Å². The summed E-state index contributed by atoms with van der Waals surface area (Å²) in [7, 11) is 0. The van der Waals surface area contributed by atoms with Crippen LogP contribution in [-0.4, -0.2) is 23.1 Å². The molecule has 126 valence electrons. The lowest BCUT2D eigenvalue weighted by atomic mass is 10.0. The highest BCUT2D eigenvalue weighted by Crippen LogP contribution is 2.21. The third-order valence-corrected chi connectivity index (χ3v) is 3.73. The monoisotopic (exact) mass is 326 g/mol. The average molecular weight is 326 g/mol. The van der Waals surface area contributed by atoms with Crippen LogP contribution >= 0.6 is 0 Å². The molecule has 2 rings (SSSR count). The summed E-state index contributed by atoms with van der Waals surface area (Å²) in [6.45, 7) is 3.85. The second-order valence-electron chi connectivity index (χ2n) is 5.83. The van der Waals surface area contributed by atoms with Crippen molar-refractivity contribution < 1.29 is 19.4 Å². The highest BCUT2D eigenvalue weighted by molar-refractivity contribution is 5.88. The summed E-state index contributed by atoms with van der Waals surface area (Å²) in [5.74, 6) is -1.08. The number of hydrogen-bond donors (Lipinski definition) is 1. The molecule has 0 heterocycles. The molecule has 0 aliphatic heterocycles. The maximum atomic E-state index is 11.5. The minimum absolute atomic E-state index is 0.148. The molecule has 0 saturated carbocycles. The van der Waals surface area contributed by atoms with E-state index in [1.165, 1.54) is 0 Å². The molecule has 4 nitrogen and oxygen atoms in total. The molecule has 0 aromatic heterocycles. The van der Waals surface area contributed by atoms with Gasteiger partial charge in [0.1, 0.15) is 6.10 Å². The summed E-state index contributed by atoms with van der Waals surface area (Å²) in [5, 5.41) is 8.93. The number of benzene rings is 2. The Labute approximate surface area is 142 Å². The Balaban J connectivity index is 1.99. The molecule has 0 spiro atoms. The van der Waals surface area contributed by atoms with Gasteiger partial charge in [0, 0.05) is 12.8 Å². The average Bonchev–Trinajstić information content (AvgIpc) is 2.55. The second kappa shape index (κ2) is 8.29. The fraction of sp³-hybridized carbons (Fsp3) is 0.300. The maximum Gasteiger partial charge on any atom is 0.335 e. The summed E-state index contributed by atoms with van der Waals surface area (Å²) in [6, 6.07) is 14.8. The smallest absolute Gasteiger partial charge is 0.335 e. The quantitative estimate of drug-likeness (QED) is 0.769. The molecule has 0 aliphatic rings. The Hall–Kier alpha value is -2.62. The van der Waals surface area contributed by atoms with E-state index in [1.54, 1.807) is 24.3 Å². The third kappa shape index (κ3) is 4.95. The molecule has 24 heavy (non-hydrogen) atoms. The molecule has 1 unspecified atom stereocenters.